The molecular weight excluding hydrogens is 276 g/mol. The quantitative estimate of drug-likeness (QED) is 0.819. The molecule has 1 atom stereocenters. The normalized spacial score (nSPS) is 25.5. The molecule has 1 amide bonds. The first-order chi connectivity index (χ1) is 10.8. The number of benzene rings is 1. The molecule has 1 N–H and O–H groups in total. The Morgan fingerprint density at radius 1 is 1.23 bits per heavy atom. The topological polar surface area (TPSA) is 41.6 Å². The lowest BCUT2D eigenvalue weighted by atomic mass is 9.79. The molecule has 1 aromatic rings. The summed E-state index contributed by atoms with van der Waals surface area (Å²) in [5, 5.41) is 3.04. The van der Waals surface area contributed by atoms with Crippen LogP contribution in [0.4, 0.5) is 0 Å². The predicted octanol–water partition coefficient (Wildman–Crippen LogP) is 2.20. The molecular formula is C18H26N2O2. The van der Waals surface area contributed by atoms with Crippen LogP contribution in [-0.2, 0) is 16.1 Å². The van der Waals surface area contributed by atoms with Crippen molar-refractivity contribution in [2.45, 2.75) is 32.3 Å². The first-order valence-corrected chi connectivity index (χ1v) is 8.41. The van der Waals surface area contributed by atoms with Crippen LogP contribution < -0.4 is 5.32 Å². The van der Waals surface area contributed by atoms with E-state index in [1.54, 1.807) is 0 Å². The van der Waals surface area contributed by atoms with E-state index in [4.69, 9.17) is 4.74 Å². The Hall–Kier alpha value is -1.39. The highest BCUT2D eigenvalue weighted by molar-refractivity contribution is 5.83. The molecule has 2 fully saturated rings. The van der Waals surface area contributed by atoms with Crippen molar-refractivity contribution in [3.05, 3.63) is 35.9 Å². The summed E-state index contributed by atoms with van der Waals surface area (Å²) >= 11 is 0. The lowest BCUT2D eigenvalue weighted by Crippen LogP contribution is -2.47. The predicted molar refractivity (Wildman–Crippen MR) is 86.4 cm³/mol. The van der Waals surface area contributed by atoms with Gasteiger partial charge in [0, 0.05) is 26.2 Å². The van der Waals surface area contributed by atoms with Gasteiger partial charge in [-0.05, 0) is 37.8 Å². The summed E-state index contributed by atoms with van der Waals surface area (Å²) in [6.07, 6.45) is 4.23. The molecule has 0 unspecified atom stereocenters. The second-order valence-electron chi connectivity index (χ2n) is 6.56. The third-order valence-corrected chi connectivity index (χ3v) is 4.91. The molecule has 2 aliphatic rings. The van der Waals surface area contributed by atoms with Crippen molar-refractivity contribution in [2.24, 2.45) is 5.41 Å². The van der Waals surface area contributed by atoms with E-state index in [0.717, 1.165) is 58.5 Å². The second-order valence-corrected chi connectivity index (χ2v) is 6.56. The lowest BCUT2D eigenvalue weighted by molar-refractivity contribution is -0.132. The van der Waals surface area contributed by atoms with Gasteiger partial charge in [-0.15, -0.1) is 0 Å². The number of hydrogen-bond acceptors (Lipinski definition) is 3. The third-order valence-electron chi connectivity index (χ3n) is 4.91. The zero-order valence-electron chi connectivity index (χ0n) is 13.2. The number of nitrogens with zero attached hydrogens (tertiary/aromatic N) is 1. The molecule has 22 heavy (non-hydrogen) atoms. The largest absolute Gasteiger partial charge is 0.377 e. The van der Waals surface area contributed by atoms with Crippen molar-refractivity contribution in [1.29, 1.82) is 0 Å². The van der Waals surface area contributed by atoms with Gasteiger partial charge in [0.15, 0.2) is 0 Å². The number of carbonyl (C=O) groups excluding carboxylic acids is 1. The van der Waals surface area contributed by atoms with Crippen molar-refractivity contribution in [3.63, 3.8) is 0 Å². The number of amides is 1. The van der Waals surface area contributed by atoms with E-state index in [1.165, 1.54) is 5.56 Å². The lowest BCUT2D eigenvalue weighted by Gasteiger charge is -2.32. The third kappa shape index (κ3) is 3.68. The van der Waals surface area contributed by atoms with Crippen molar-refractivity contribution >= 4 is 5.91 Å². The molecule has 4 heteroatoms. The Morgan fingerprint density at radius 3 is 2.91 bits per heavy atom. The summed E-state index contributed by atoms with van der Waals surface area (Å²) in [6, 6.07) is 10.3. The summed E-state index contributed by atoms with van der Waals surface area (Å²) < 4.78 is 5.73. The maximum absolute atomic E-state index is 12.1. The SMILES string of the molecule is O=C1NCCC[C@@]12CCN(CCCOCc1ccccc1)C2. The van der Waals surface area contributed by atoms with Gasteiger partial charge < -0.3 is 15.0 Å². The zero-order valence-corrected chi connectivity index (χ0v) is 13.2. The molecule has 2 heterocycles. The summed E-state index contributed by atoms with van der Waals surface area (Å²) in [7, 11) is 0. The van der Waals surface area contributed by atoms with Gasteiger partial charge in [-0.2, -0.15) is 0 Å². The van der Waals surface area contributed by atoms with Gasteiger partial charge in [0.1, 0.15) is 0 Å². The molecule has 4 nitrogen and oxygen atoms in total. The number of rotatable bonds is 6. The minimum absolute atomic E-state index is 0.0941. The van der Waals surface area contributed by atoms with Crippen molar-refractivity contribution in [2.75, 3.05) is 32.8 Å². The second kappa shape index (κ2) is 7.25. The minimum atomic E-state index is -0.0941. The molecule has 0 bridgehead atoms. The van der Waals surface area contributed by atoms with E-state index >= 15 is 0 Å². The molecule has 0 saturated carbocycles. The molecule has 120 valence electrons. The Labute approximate surface area is 132 Å². The number of piperidine rings is 1. The molecule has 1 spiro atoms. The Morgan fingerprint density at radius 2 is 2.09 bits per heavy atom. The van der Waals surface area contributed by atoms with E-state index in [9.17, 15) is 4.79 Å². The van der Waals surface area contributed by atoms with Crippen molar-refractivity contribution in [1.82, 2.24) is 10.2 Å². The monoisotopic (exact) mass is 302 g/mol. The Bertz CT molecular complexity index is 491. The number of nitrogens with one attached hydrogen (secondary N) is 1. The van der Waals surface area contributed by atoms with Crippen LogP contribution in [0.2, 0.25) is 0 Å². The van der Waals surface area contributed by atoms with Crippen LogP contribution in [0.25, 0.3) is 0 Å². The number of carbonyl (C=O) groups is 1. The first-order valence-electron chi connectivity index (χ1n) is 8.41. The average Bonchev–Trinajstić information content (AvgIpc) is 2.95. The van der Waals surface area contributed by atoms with Crippen LogP contribution in [0.5, 0.6) is 0 Å². The van der Waals surface area contributed by atoms with Gasteiger partial charge in [0.25, 0.3) is 0 Å². The molecule has 3 rings (SSSR count). The standard InChI is InChI=1S/C18H26N2O2/c21-17-18(8-4-10-19-17)9-12-20(15-18)11-5-13-22-14-16-6-2-1-3-7-16/h1-3,6-7H,4-5,8-15H2,(H,19,21)/t18-/m0/s1. The van der Waals surface area contributed by atoms with Crippen LogP contribution in [0.3, 0.4) is 0 Å². The van der Waals surface area contributed by atoms with Gasteiger partial charge in [-0.1, -0.05) is 30.3 Å². The van der Waals surface area contributed by atoms with Crippen LogP contribution in [0, 0.1) is 5.41 Å². The fourth-order valence-corrected chi connectivity index (χ4v) is 3.62. The fraction of sp³-hybridized carbons (Fsp3) is 0.611. The highest BCUT2D eigenvalue weighted by Gasteiger charge is 2.45. The molecule has 1 aromatic carbocycles. The van der Waals surface area contributed by atoms with Gasteiger partial charge >= 0.3 is 0 Å². The van der Waals surface area contributed by atoms with E-state index in [1.807, 2.05) is 18.2 Å². The van der Waals surface area contributed by atoms with E-state index in [-0.39, 0.29) is 11.3 Å². The van der Waals surface area contributed by atoms with Crippen LogP contribution in [-0.4, -0.2) is 43.6 Å². The van der Waals surface area contributed by atoms with Crippen LogP contribution in [0.1, 0.15) is 31.2 Å². The average molecular weight is 302 g/mol. The Balaban J connectivity index is 1.34. The van der Waals surface area contributed by atoms with E-state index < -0.39 is 0 Å². The summed E-state index contributed by atoms with van der Waals surface area (Å²) in [5.41, 5.74) is 1.13. The summed E-state index contributed by atoms with van der Waals surface area (Å²) in [5.74, 6) is 0.279. The summed E-state index contributed by atoms with van der Waals surface area (Å²) in [4.78, 5) is 14.6. The molecule has 2 saturated heterocycles. The summed E-state index contributed by atoms with van der Waals surface area (Å²) in [6.45, 7) is 5.33. The molecule has 0 radical (unpaired) electrons. The minimum Gasteiger partial charge on any atom is -0.377 e. The van der Waals surface area contributed by atoms with Gasteiger partial charge in [0.2, 0.25) is 5.91 Å². The maximum atomic E-state index is 12.1. The molecule has 0 aliphatic carbocycles. The highest BCUT2D eigenvalue weighted by Crippen LogP contribution is 2.37. The first kappa shape index (κ1) is 15.5. The zero-order chi connectivity index (χ0) is 15.3. The number of hydrogen-bond donors (Lipinski definition) is 1. The van der Waals surface area contributed by atoms with E-state index in [2.05, 4.69) is 22.3 Å². The molecule has 2 aliphatic heterocycles. The van der Waals surface area contributed by atoms with E-state index in [0.29, 0.717) is 6.61 Å². The maximum Gasteiger partial charge on any atom is 0.227 e. The van der Waals surface area contributed by atoms with Crippen LogP contribution >= 0.6 is 0 Å². The highest BCUT2D eigenvalue weighted by atomic mass is 16.5. The molecule has 0 aromatic heterocycles. The van der Waals surface area contributed by atoms with Gasteiger partial charge in [-0.25, -0.2) is 0 Å². The number of likely N-dealkylation sites (tertiary alicyclic amines) is 1. The number of ether oxygens (including phenoxy) is 1. The van der Waals surface area contributed by atoms with Crippen LogP contribution in [0.15, 0.2) is 30.3 Å². The van der Waals surface area contributed by atoms with Gasteiger partial charge in [0.05, 0.1) is 12.0 Å². The van der Waals surface area contributed by atoms with Crippen molar-refractivity contribution in [3.8, 4) is 0 Å². The Kier molecular flexibility index (Phi) is 5.11. The fourth-order valence-electron chi connectivity index (χ4n) is 3.62. The smallest absolute Gasteiger partial charge is 0.227 e. The van der Waals surface area contributed by atoms with Crippen molar-refractivity contribution < 1.29 is 9.53 Å². The van der Waals surface area contributed by atoms with Gasteiger partial charge in [-0.3, -0.25) is 4.79 Å².